The monoisotopic (exact) mass is 262 g/mol. The quantitative estimate of drug-likeness (QED) is 0.699. The first kappa shape index (κ1) is 15.3. The standard InChI is InChI=1S/C14H22N4O/c1-3-7-16-13(4-2)12-5-9-18(10-12)11-14(19)17-8-6-15/h5,9-10,13,16H,3-4,7-8,11H2,1-2H3,(H,17,19). The van der Waals surface area contributed by atoms with Crippen LogP contribution >= 0.6 is 0 Å². The second-order valence-electron chi connectivity index (χ2n) is 4.47. The molecule has 0 aliphatic heterocycles. The number of hydrogen-bond donors (Lipinski definition) is 2. The van der Waals surface area contributed by atoms with E-state index in [1.54, 1.807) is 0 Å². The molecular formula is C14H22N4O. The van der Waals surface area contributed by atoms with E-state index in [0.717, 1.165) is 19.4 Å². The molecule has 1 aromatic rings. The van der Waals surface area contributed by atoms with E-state index < -0.39 is 0 Å². The second kappa shape index (κ2) is 8.33. The molecule has 0 radical (unpaired) electrons. The molecule has 0 aliphatic rings. The van der Waals surface area contributed by atoms with Gasteiger partial charge in [0.2, 0.25) is 5.91 Å². The molecule has 1 amide bonds. The van der Waals surface area contributed by atoms with E-state index in [1.807, 2.05) is 29.1 Å². The van der Waals surface area contributed by atoms with Gasteiger partial charge in [0.1, 0.15) is 13.1 Å². The van der Waals surface area contributed by atoms with Crippen molar-refractivity contribution in [1.29, 1.82) is 5.26 Å². The van der Waals surface area contributed by atoms with Crippen LogP contribution < -0.4 is 10.6 Å². The molecule has 19 heavy (non-hydrogen) atoms. The third kappa shape index (κ3) is 5.14. The molecule has 5 heteroatoms. The molecule has 0 saturated heterocycles. The van der Waals surface area contributed by atoms with Crippen LogP contribution in [0.1, 0.15) is 38.3 Å². The predicted octanol–water partition coefficient (Wildman–Crippen LogP) is 1.58. The van der Waals surface area contributed by atoms with Gasteiger partial charge in [-0.25, -0.2) is 0 Å². The maximum atomic E-state index is 11.5. The van der Waals surface area contributed by atoms with Gasteiger partial charge in [0, 0.05) is 18.4 Å². The zero-order valence-electron chi connectivity index (χ0n) is 11.6. The molecule has 2 N–H and O–H groups in total. The number of carbonyl (C=O) groups excluding carboxylic acids is 1. The molecule has 0 fully saturated rings. The lowest BCUT2D eigenvalue weighted by Gasteiger charge is -2.15. The van der Waals surface area contributed by atoms with Crippen LogP contribution in [0.4, 0.5) is 0 Å². The second-order valence-corrected chi connectivity index (χ2v) is 4.47. The number of nitrogens with one attached hydrogen (secondary N) is 2. The van der Waals surface area contributed by atoms with Gasteiger partial charge >= 0.3 is 0 Å². The number of nitriles is 1. The van der Waals surface area contributed by atoms with Crippen molar-refractivity contribution >= 4 is 5.91 Å². The van der Waals surface area contributed by atoms with Crippen LogP contribution in [0.15, 0.2) is 18.5 Å². The maximum absolute atomic E-state index is 11.5. The average Bonchev–Trinajstić information content (AvgIpc) is 2.85. The van der Waals surface area contributed by atoms with Crippen molar-refractivity contribution in [1.82, 2.24) is 15.2 Å². The lowest BCUT2D eigenvalue weighted by atomic mass is 10.1. The third-order valence-corrected chi connectivity index (χ3v) is 2.92. The van der Waals surface area contributed by atoms with Crippen LogP contribution in [0, 0.1) is 11.3 Å². The largest absolute Gasteiger partial charge is 0.345 e. The number of hydrogen-bond acceptors (Lipinski definition) is 3. The van der Waals surface area contributed by atoms with Gasteiger partial charge in [-0.3, -0.25) is 4.79 Å². The fraction of sp³-hybridized carbons (Fsp3) is 0.571. The summed E-state index contributed by atoms with van der Waals surface area (Å²) in [6.45, 7) is 5.59. The van der Waals surface area contributed by atoms with Gasteiger partial charge in [-0.05, 0) is 31.0 Å². The first-order valence-electron chi connectivity index (χ1n) is 6.74. The summed E-state index contributed by atoms with van der Waals surface area (Å²) in [5.74, 6) is -0.140. The van der Waals surface area contributed by atoms with E-state index in [4.69, 9.17) is 5.26 Å². The summed E-state index contributed by atoms with van der Waals surface area (Å²) < 4.78 is 1.85. The highest BCUT2D eigenvalue weighted by atomic mass is 16.1. The normalized spacial score (nSPS) is 11.8. The van der Waals surface area contributed by atoms with Gasteiger partial charge in [0.05, 0.1) is 6.07 Å². The van der Waals surface area contributed by atoms with Crippen molar-refractivity contribution in [2.45, 2.75) is 39.3 Å². The molecular weight excluding hydrogens is 240 g/mol. The summed E-state index contributed by atoms with van der Waals surface area (Å²) >= 11 is 0. The van der Waals surface area contributed by atoms with Gasteiger partial charge in [-0.15, -0.1) is 0 Å². The molecule has 0 spiro atoms. The van der Waals surface area contributed by atoms with Crippen LogP contribution in [-0.2, 0) is 11.3 Å². The minimum Gasteiger partial charge on any atom is -0.345 e. The Morgan fingerprint density at radius 2 is 2.32 bits per heavy atom. The van der Waals surface area contributed by atoms with Crippen LogP contribution in [0.3, 0.4) is 0 Å². The fourth-order valence-corrected chi connectivity index (χ4v) is 1.94. The van der Waals surface area contributed by atoms with Crippen molar-refractivity contribution in [2.24, 2.45) is 0 Å². The molecule has 1 rings (SSSR count). The Kier molecular flexibility index (Phi) is 6.69. The van der Waals surface area contributed by atoms with Gasteiger partial charge in [0.15, 0.2) is 0 Å². The molecule has 1 aromatic heterocycles. The van der Waals surface area contributed by atoms with Gasteiger partial charge < -0.3 is 15.2 Å². The van der Waals surface area contributed by atoms with Crippen LogP contribution in [0.2, 0.25) is 0 Å². The molecule has 1 unspecified atom stereocenters. The minimum atomic E-state index is -0.140. The summed E-state index contributed by atoms with van der Waals surface area (Å²) in [5, 5.41) is 14.4. The maximum Gasteiger partial charge on any atom is 0.240 e. The number of amides is 1. The summed E-state index contributed by atoms with van der Waals surface area (Å²) in [5.41, 5.74) is 1.20. The topological polar surface area (TPSA) is 69.8 Å². The van der Waals surface area contributed by atoms with E-state index in [-0.39, 0.29) is 19.0 Å². The average molecular weight is 262 g/mol. The first-order valence-corrected chi connectivity index (χ1v) is 6.74. The Morgan fingerprint density at radius 1 is 1.53 bits per heavy atom. The van der Waals surface area contributed by atoms with Crippen molar-refractivity contribution in [3.05, 3.63) is 24.0 Å². The Morgan fingerprint density at radius 3 is 2.95 bits per heavy atom. The lowest BCUT2D eigenvalue weighted by molar-refractivity contribution is -0.121. The lowest BCUT2D eigenvalue weighted by Crippen LogP contribution is -2.27. The number of rotatable bonds is 8. The Hall–Kier alpha value is -1.80. The third-order valence-electron chi connectivity index (χ3n) is 2.92. The molecule has 1 atom stereocenters. The summed E-state index contributed by atoms with van der Waals surface area (Å²) in [7, 11) is 0. The number of aromatic nitrogens is 1. The SMILES string of the molecule is CCCNC(CC)c1ccn(CC(=O)NCC#N)c1. The van der Waals surface area contributed by atoms with Crippen molar-refractivity contribution in [2.75, 3.05) is 13.1 Å². The Labute approximate surface area is 114 Å². The Balaban J connectivity index is 2.55. The van der Waals surface area contributed by atoms with E-state index in [1.165, 1.54) is 5.56 Å². The molecule has 0 saturated carbocycles. The van der Waals surface area contributed by atoms with Crippen molar-refractivity contribution < 1.29 is 4.79 Å². The first-order chi connectivity index (χ1) is 9.21. The summed E-state index contributed by atoms with van der Waals surface area (Å²) in [6, 6.07) is 4.26. The van der Waals surface area contributed by atoms with E-state index in [9.17, 15) is 4.79 Å². The van der Waals surface area contributed by atoms with E-state index >= 15 is 0 Å². The minimum absolute atomic E-state index is 0.0581. The highest BCUT2D eigenvalue weighted by molar-refractivity contribution is 5.75. The van der Waals surface area contributed by atoms with Gasteiger partial charge in [0.25, 0.3) is 0 Å². The van der Waals surface area contributed by atoms with Gasteiger partial charge in [-0.2, -0.15) is 5.26 Å². The molecule has 1 heterocycles. The summed E-state index contributed by atoms with van der Waals surface area (Å²) in [4.78, 5) is 11.5. The predicted molar refractivity (Wildman–Crippen MR) is 74.4 cm³/mol. The highest BCUT2D eigenvalue weighted by Crippen LogP contribution is 2.16. The van der Waals surface area contributed by atoms with E-state index in [0.29, 0.717) is 6.04 Å². The zero-order valence-corrected chi connectivity index (χ0v) is 11.6. The summed E-state index contributed by atoms with van der Waals surface area (Å²) in [6.07, 6.45) is 6.01. The van der Waals surface area contributed by atoms with Crippen LogP contribution in [0.25, 0.3) is 0 Å². The number of nitrogens with zero attached hydrogens (tertiary/aromatic N) is 2. The van der Waals surface area contributed by atoms with E-state index in [2.05, 4.69) is 24.5 Å². The smallest absolute Gasteiger partial charge is 0.240 e. The Bertz CT molecular complexity index is 433. The molecule has 0 aromatic carbocycles. The zero-order chi connectivity index (χ0) is 14.1. The van der Waals surface area contributed by atoms with Crippen molar-refractivity contribution in [3.8, 4) is 6.07 Å². The number of carbonyl (C=O) groups is 1. The fourth-order valence-electron chi connectivity index (χ4n) is 1.94. The van der Waals surface area contributed by atoms with Crippen molar-refractivity contribution in [3.63, 3.8) is 0 Å². The molecule has 5 nitrogen and oxygen atoms in total. The highest BCUT2D eigenvalue weighted by Gasteiger charge is 2.10. The molecule has 0 aliphatic carbocycles. The molecule has 104 valence electrons. The van der Waals surface area contributed by atoms with Crippen LogP contribution in [0.5, 0.6) is 0 Å². The van der Waals surface area contributed by atoms with Crippen LogP contribution in [-0.4, -0.2) is 23.6 Å². The van der Waals surface area contributed by atoms with Gasteiger partial charge in [-0.1, -0.05) is 13.8 Å². The molecule has 0 bridgehead atoms.